The summed E-state index contributed by atoms with van der Waals surface area (Å²) in [7, 11) is 1.71. The molecular formula is C27H28N4O2. The van der Waals surface area contributed by atoms with Crippen LogP contribution in [0, 0.1) is 0 Å². The summed E-state index contributed by atoms with van der Waals surface area (Å²) in [6.07, 6.45) is 1.06. The third-order valence-corrected chi connectivity index (χ3v) is 6.36. The number of nitrogens with one attached hydrogen (secondary N) is 2. The highest BCUT2D eigenvalue weighted by atomic mass is 16.5. The van der Waals surface area contributed by atoms with Crippen molar-refractivity contribution in [2.45, 2.75) is 26.4 Å². The second-order valence-corrected chi connectivity index (χ2v) is 8.68. The van der Waals surface area contributed by atoms with Crippen LogP contribution in [0.15, 0.2) is 66.4 Å². The molecule has 0 radical (unpaired) electrons. The SMILES string of the molecule is COc1ccc2c(c1)CN(Cc1ccc(NC(C)=C3C(=O)Nc4ccc(N)cc43)cc1)CC2. The summed E-state index contributed by atoms with van der Waals surface area (Å²) in [6.45, 7) is 4.78. The van der Waals surface area contributed by atoms with Gasteiger partial charge in [-0.15, -0.1) is 0 Å². The first-order valence-electron chi connectivity index (χ1n) is 11.2. The van der Waals surface area contributed by atoms with Gasteiger partial charge in [0.25, 0.3) is 5.91 Å². The fourth-order valence-electron chi connectivity index (χ4n) is 4.64. The number of allylic oxidation sites excluding steroid dienone is 1. The summed E-state index contributed by atoms with van der Waals surface area (Å²) in [5, 5.41) is 6.29. The predicted molar refractivity (Wildman–Crippen MR) is 133 cm³/mol. The molecule has 0 bridgehead atoms. The van der Waals surface area contributed by atoms with Gasteiger partial charge >= 0.3 is 0 Å². The molecule has 2 aliphatic heterocycles. The molecule has 168 valence electrons. The van der Waals surface area contributed by atoms with Crippen LogP contribution in [0.25, 0.3) is 5.57 Å². The molecule has 0 fully saturated rings. The van der Waals surface area contributed by atoms with Gasteiger partial charge in [0.2, 0.25) is 0 Å². The van der Waals surface area contributed by atoms with Crippen LogP contribution < -0.4 is 21.1 Å². The van der Waals surface area contributed by atoms with E-state index in [1.165, 1.54) is 16.7 Å². The lowest BCUT2D eigenvalue weighted by Crippen LogP contribution is -2.30. The molecule has 1 amide bonds. The number of nitrogens with zero attached hydrogens (tertiary/aromatic N) is 1. The molecule has 0 aromatic heterocycles. The lowest BCUT2D eigenvalue weighted by Gasteiger charge is -2.29. The van der Waals surface area contributed by atoms with E-state index in [0.29, 0.717) is 11.3 Å². The molecule has 0 atom stereocenters. The molecule has 0 saturated heterocycles. The normalized spacial score (nSPS) is 16.6. The number of carbonyl (C=O) groups excluding carboxylic acids is 1. The second-order valence-electron chi connectivity index (χ2n) is 8.68. The Balaban J connectivity index is 1.27. The van der Waals surface area contributed by atoms with E-state index in [1.807, 2.05) is 25.1 Å². The van der Waals surface area contributed by atoms with Gasteiger partial charge in [0.15, 0.2) is 0 Å². The third-order valence-electron chi connectivity index (χ3n) is 6.36. The Bertz CT molecular complexity index is 1250. The Labute approximate surface area is 194 Å². The number of nitrogen functional groups attached to an aromatic ring is 1. The molecule has 6 heteroatoms. The number of rotatable bonds is 5. The van der Waals surface area contributed by atoms with Gasteiger partial charge in [0.1, 0.15) is 5.75 Å². The molecule has 0 spiro atoms. The fourth-order valence-corrected chi connectivity index (χ4v) is 4.64. The van der Waals surface area contributed by atoms with E-state index in [0.717, 1.165) is 54.4 Å². The molecule has 4 N–H and O–H groups in total. The van der Waals surface area contributed by atoms with E-state index in [2.05, 4.69) is 51.9 Å². The molecule has 2 aliphatic rings. The summed E-state index contributed by atoms with van der Waals surface area (Å²) in [6, 6.07) is 20.2. The first-order valence-corrected chi connectivity index (χ1v) is 11.2. The zero-order valence-corrected chi connectivity index (χ0v) is 18.9. The Morgan fingerprint density at radius 2 is 1.91 bits per heavy atom. The van der Waals surface area contributed by atoms with Crippen LogP contribution in [-0.2, 0) is 24.3 Å². The number of amides is 1. The van der Waals surface area contributed by atoms with Crippen molar-refractivity contribution < 1.29 is 9.53 Å². The number of nitrogens with two attached hydrogens (primary N) is 1. The zero-order chi connectivity index (χ0) is 22.9. The Morgan fingerprint density at radius 1 is 1.09 bits per heavy atom. The van der Waals surface area contributed by atoms with Gasteiger partial charge in [0.05, 0.1) is 12.7 Å². The van der Waals surface area contributed by atoms with Gasteiger partial charge < -0.3 is 21.1 Å². The van der Waals surface area contributed by atoms with E-state index in [4.69, 9.17) is 10.5 Å². The van der Waals surface area contributed by atoms with Crippen molar-refractivity contribution in [3.05, 3.63) is 88.6 Å². The van der Waals surface area contributed by atoms with Gasteiger partial charge in [0, 0.05) is 48.0 Å². The number of ether oxygens (including phenoxy) is 1. The minimum absolute atomic E-state index is 0.112. The first-order chi connectivity index (χ1) is 16.0. The molecule has 2 heterocycles. The van der Waals surface area contributed by atoms with Crippen molar-refractivity contribution in [3.63, 3.8) is 0 Å². The maximum absolute atomic E-state index is 12.5. The first kappa shape index (κ1) is 21.1. The highest BCUT2D eigenvalue weighted by Crippen LogP contribution is 2.35. The van der Waals surface area contributed by atoms with E-state index < -0.39 is 0 Å². The number of methoxy groups -OCH3 is 1. The number of benzene rings is 3. The van der Waals surface area contributed by atoms with Crippen LogP contribution >= 0.6 is 0 Å². The van der Waals surface area contributed by atoms with E-state index >= 15 is 0 Å². The lowest BCUT2D eigenvalue weighted by molar-refractivity contribution is -0.110. The van der Waals surface area contributed by atoms with Gasteiger partial charge in [-0.3, -0.25) is 9.69 Å². The number of fused-ring (bicyclic) bond motifs is 2. The summed E-state index contributed by atoms with van der Waals surface area (Å²) in [5.74, 6) is 0.802. The summed E-state index contributed by atoms with van der Waals surface area (Å²) >= 11 is 0. The van der Waals surface area contributed by atoms with Crippen LogP contribution in [-0.4, -0.2) is 24.5 Å². The number of hydrogen-bond donors (Lipinski definition) is 3. The highest BCUT2D eigenvalue weighted by molar-refractivity contribution is 6.32. The van der Waals surface area contributed by atoms with Gasteiger partial charge in [-0.05, 0) is 72.5 Å². The van der Waals surface area contributed by atoms with Crippen molar-refractivity contribution >= 4 is 28.5 Å². The minimum atomic E-state index is -0.112. The van der Waals surface area contributed by atoms with Crippen molar-refractivity contribution in [1.29, 1.82) is 0 Å². The maximum atomic E-state index is 12.5. The smallest absolute Gasteiger partial charge is 0.258 e. The van der Waals surface area contributed by atoms with E-state index in [9.17, 15) is 4.79 Å². The van der Waals surface area contributed by atoms with Gasteiger partial charge in [-0.1, -0.05) is 18.2 Å². The average molecular weight is 441 g/mol. The second kappa shape index (κ2) is 8.64. The van der Waals surface area contributed by atoms with Crippen molar-refractivity contribution in [3.8, 4) is 5.75 Å². The molecule has 6 nitrogen and oxygen atoms in total. The quantitative estimate of drug-likeness (QED) is 0.398. The number of anilines is 3. The fraction of sp³-hybridized carbons (Fsp3) is 0.222. The zero-order valence-electron chi connectivity index (χ0n) is 18.9. The Morgan fingerprint density at radius 3 is 2.70 bits per heavy atom. The van der Waals surface area contributed by atoms with Crippen LogP contribution in [0.1, 0.15) is 29.2 Å². The Hall–Kier alpha value is -3.77. The summed E-state index contributed by atoms with van der Waals surface area (Å²) in [4.78, 5) is 15.0. The minimum Gasteiger partial charge on any atom is -0.497 e. The van der Waals surface area contributed by atoms with Crippen LogP contribution in [0.5, 0.6) is 5.75 Å². The Kier molecular flexibility index (Phi) is 5.52. The molecule has 0 unspecified atom stereocenters. The van der Waals surface area contributed by atoms with Crippen LogP contribution in [0.4, 0.5) is 17.1 Å². The molecule has 3 aromatic rings. The summed E-state index contributed by atoms with van der Waals surface area (Å²) < 4.78 is 5.39. The van der Waals surface area contributed by atoms with Crippen LogP contribution in [0.3, 0.4) is 0 Å². The average Bonchev–Trinajstić information content (AvgIpc) is 3.14. The molecule has 33 heavy (non-hydrogen) atoms. The van der Waals surface area contributed by atoms with E-state index in [-0.39, 0.29) is 5.91 Å². The van der Waals surface area contributed by atoms with Gasteiger partial charge in [-0.25, -0.2) is 0 Å². The van der Waals surface area contributed by atoms with Crippen molar-refractivity contribution in [2.24, 2.45) is 0 Å². The number of carbonyl (C=O) groups is 1. The molecular weight excluding hydrogens is 412 g/mol. The predicted octanol–water partition coefficient (Wildman–Crippen LogP) is 4.63. The highest BCUT2D eigenvalue weighted by Gasteiger charge is 2.26. The standard InChI is InChI=1S/C27H28N4O2/c1-17(26-24-14-21(28)6-10-25(24)30-27(26)32)29-22-7-3-18(4-8-22)15-31-12-11-19-5-9-23(33-2)13-20(19)16-31/h3-10,13-14,29H,11-12,15-16,28H2,1-2H3,(H,30,32). The largest absolute Gasteiger partial charge is 0.497 e. The van der Waals surface area contributed by atoms with Crippen molar-refractivity contribution in [2.75, 3.05) is 30.0 Å². The van der Waals surface area contributed by atoms with Crippen molar-refractivity contribution in [1.82, 2.24) is 4.90 Å². The van der Waals surface area contributed by atoms with Gasteiger partial charge in [-0.2, -0.15) is 0 Å². The van der Waals surface area contributed by atoms with Crippen LogP contribution in [0.2, 0.25) is 0 Å². The molecule has 0 saturated carbocycles. The molecule has 3 aromatic carbocycles. The van der Waals surface area contributed by atoms with E-state index in [1.54, 1.807) is 13.2 Å². The lowest BCUT2D eigenvalue weighted by atomic mass is 9.99. The maximum Gasteiger partial charge on any atom is 0.258 e. The number of hydrogen-bond acceptors (Lipinski definition) is 5. The summed E-state index contributed by atoms with van der Waals surface area (Å²) in [5.41, 5.74) is 14.6. The topological polar surface area (TPSA) is 79.6 Å². The molecule has 5 rings (SSSR count). The third kappa shape index (κ3) is 4.30. The monoisotopic (exact) mass is 440 g/mol. The molecule has 0 aliphatic carbocycles.